The van der Waals surface area contributed by atoms with Crippen LogP contribution in [0.1, 0.15) is 43.9 Å². The van der Waals surface area contributed by atoms with Crippen molar-refractivity contribution >= 4 is 6.09 Å². The number of aromatic nitrogens is 1. The molecule has 2 heterocycles. The predicted molar refractivity (Wildman–Crippen MR) is 134 cm³/mol. The molecule has 1 aromatic heterocycles. The Hall–Kier alpha value is -3.42. The minimum absolute atomic E-state index is 0.0712. The van der Waals surface area contributed by atoms with Crippen LogP contribution in [-0.2, 0) is 17.4 Å². The van der Waals surface area contributed by atoms with Crippen LogP contribution in [0.4, 0.5) is 4.79 Å². The summed E-state index contributed by atoms with van der Waals surface area (Å²) in [7, 11) is 1.71. The fourth-order valence-electron chi connectivity index (χ4n) is 4.73. The summed E-state index contributed by atoms with van der Waals surface area (Å²) in [5.74, 6) is 0. The Kier molecular flexibility index (Phi) is 6.83. The molecule has 0 saturated carbocycles. The summed E-state index contributed by atoms with van der Waals surface area (Å²) in [5, 5.41) is 20.3. The minimum Gasteiger partial charge on any atom is -0.438 e. The third-order valence-corrected chi connectivity index (χ3v) is 6.88. The van der Waals surface area contributed by atoms with Gasteiger partial charge >= 0.3 is 6.09 Å². The van der Waals surface area contributed by atoms with Crippen molar-refractivity contribution in [3.8, 4) is 11.1 Å². The first-order valence-corrected chi connectivity index (χ1v) is 11.8. The molecule has 184 valence electrons. The summed E-state index contributed by atoms with van der Waals surface area (Å²) in [4.78, 5) is 26.9. The van der Waals surface area contributed by atoms with Gasteiger partial charge in [0.2, 0.25) is 0 Å². The number of carbonyl (C=O) groups is 1. The third-order valence-electron chi connectivity index (χ3n) is 6.88. The standard InChI is InChI=1S/C28H32N2O5/c1-20(21-9-11-22(12-10-21)23-13-15-29(3)25(32)17-23)30-16-14-28(35-26(30)33,18-27(2,34)19-31)24-7-5-4-6-8-24/h4-13,15,17,20,31,34H,14,16,18-19H2,1-3H3/t20-,27?,28-/m0/s1. The van der Waals surface area contributed by atoms with Crippen LogP contribution in [0.25, 0.3) is 11.1 Å². The Bertz CT molecular complexity index is 1240. The van der Waals surface area contributed by atoms with Crippen molar-refractivity contribution in [2.75, 3.05) is 13.2 Å². The number of amides is 1. The quantitative estimate of drug-likeness (QED) is 0.538. The molecule has 3 atom stereocenters. The highest BCUT2D eigenvalue weighted by Crippen LogP contribution is 2.42. The molecule has 0 radical (unpaired) electrons. The van der Waals surface area contributed by atoms with Gasteiger partial charge in [-0.05, 0) is 42.2 Å². The van der Waals surface area contributed by atoms with Crippen LogP contribution in [0, 0.1) is 0 Å². The second-order valence-electron chi connectivity index (χ2n) is 9.67. The number of cyclic esters (lactones) is 1. The number of aliphatic hydroxyl groups excluding tert-OH is 1. The molecule has 2 aromatic carbocycles. The number of ether oxygens (including phenoxy) is 1. The maximum Gasteiger partial charge on any atom is 0.411 e. The molecule has 7 heteroatoms. The molecule has 0 aliphatic carbocycles. The lowest BCUT2D eigenvalue weighted by atomic mass is 9.79. The van der Waals surface area contributed by atoms with Gasteiger partial charge < -0.3 is 24.4 Å². The lowest BCUT2D eigenvalue weighted by Crippen LogP contribution is -2.52. The van der Waals surface area contributed by atoms with Crippen molar-refractivity contribution in [3.05, 3.63) is 94.4 Å². The Balaban J connectivity index is 1.54. The maximum absolute atomic E-state index is 13.3. The predicted octanol–water partition coefficient (Wildman–Crippen LogP) is 3.98. The highest BCUT2D eigenvalue weighted by atomic mass is 16.6. The Labute approximate surface area is 205 Å². The number of rotatable bonds is 7. The first kappa shape index (κ1) is 24.7. The van der Waals surface area contributed by atoms with Gasteiger partial charge in [0.05, 0.1) is 18.2 Å². The van der Waals surface area contributed by atoms with Gasteiger partial charge in [0, 0.05) is 38.7 Å². The average Bonchev–Trinajstić information content (AvgIpc) is 2.86. The number of pyridine rings is 1. The third kappa shape index (κ3) is 5.16. The normalized spacial score (nSPS) is 20.7. The second kappa shape index (κ2) is 9.68. The van der Waals surface area contributed by atoms with Crippen LogP contribution < -0.4 is 5.56 Å². The van der Waals surface area contributed by atoms with Gasteiger partial charge in [0.1, 0.15) is 5.60 Å². The van der Waals surface area contributed by atoms with Crippen molar-refractivity contribution in [1.82, 2.24) is 9.47 Å². The first-order valence-electron chi connectivity index (χ1n) is 11.8. The maximum atomic E-state index is 13.3. The molecule has 1 fully saturated rings. The van der Waals surface area contributed by atoms with E-state index in [0.717, 1.165) is 22.3 Å². The number of carbonyl (C=O) groups excluding carboxylic acids is 1. The van der Waals surface area contributed by atoms with Gasteiger partial charge in [0.25, 0.3) is 5.56 Å². The molecule has 1 aliphatic heterocycles. The van der Waals surface area contributed by atoms with Crippen LogP contribution in [0.2, 0.25) is 0 Å². The Morgan fingerprint density at radius 1 is 1.06 bits per heavy atom. The molecule has 1 amide bonds. The van der Waals surface area contributed by atoms with Gasteiger partial charge in [0.15, 0.2) is 0 Å². The molecular formula is C28H32N2O5. The zero-order valence-corrected chi connectivity index (χ0v) is 20.3. The van der Waals surface area contributed by atoms with E-state index in [0.29, 0.717) is 13.0 Å². The van der Waals surface area contributed by atoms with Gasteiger partial charge in [-0.3, -0.25) is 4.79 Å². The highest BCUT2D eigenvalue weighted by molar-refractivity contribution is 5.70. The van der Waals surface area contributed by atoms with E-state index in [2.05, 4.69) is 0 Å². The fraction of sp³-hybridized carbons (Fsp3) is 0.357. The summed E-state index contributed by atoms with van der Waals surface area (Å²) >= 11 is 0. The molecule has 35 heavy (non-hydrogen) atoms. The van der Waals surface area contributed by atoms with Gasteiger partial charge in [-0.15, -0.1) is 0 Å². The van der Waals surface area contributed by atoms with E-state index in [1.165, 1.54) is 4.57 Å². The number of nitrogens with zero attached hydrogens (tertiary/aromatic N) is 2. The second-order valence-corrected chi connectivity index (χ2v) is 9.67. The number of aryl methyl sites for hydroxylation is 1. The zero-order valence-electron chi connectivity index (χ0n) is 20.3. The van der Waals surface area contributed by atoms with Gasteiger partial charge in [-0.2, -0.15) is 0 Å². The van der Waals surface area contributed by atoms with Crippen LogP contribution in [0.5, 0.6) is 0 Å². The summed E-state index contributed by atoms with van der Waals surface area (Å²) in [6.07, 6.45) is 1.86. The smallest absolute Gasteiger partial charge is 0.411 e. The number of aliphatic hydroxyl groups is 2. The van der Waals surface area contributed by atoms with Crippen molar-refractivity contribution < 1.29 is 19.7 Å². The summed E-state index contributed by atoms with van der Waals surface area (Å²) in [6, 6.07) is 20.5. The van der Waals surface area contributed by atoms with E-state index in [-0.39, 0.29) is 18.0 Å². The van der Waals surface area contributed by atoms with E-state index in [4.69, 9.17) is 4.74 Å². The van der Waals surface area contributed by atoms with E-state index >= 15 is 0 Å². The van der Waals surface area contributed by atoms with Crippen LogP contribution >= 0.6 is 0 Å². The molecule has 2 N–H and O–H groups in total. The Morgan fingerprint density at radius 3 is 2.34 bits per heavy atom. The van der Waals surface area contributed by atoms with Gasteiger partial charge in [-0.1, -0.05) is 54.6 Å². The number of hydrogen-bond donors (Lipinski definition) is 2. The average molecular weight is 477 g/mol. The number of benzene rings is 2. The van der Waals surface area contributed by atoms with Crippen LogP contribution in [0.3, 0.4) is 0 Å². The van der Waals surface area contributed by atoms with Crippen LogP contribution in [-0.4, -0.2) is 44.5 Å². The zero-order chi connectivity index (χ0) is 25.2. The molecule has 0 spiro atoms. The molecular weight excluding hydrogens is 444 g/mol. The van der Waals surface area contributed by atoms with Crippen molar-refractivity contribution in [3.63, 3.8) is 0 Å². The lowest BCUT2D eigenvalue weighted by Gasteiger charge is -2.45. The fourth-order valence-corrected chi connectivity index (χ4v) is 4.73. The summed E-state index contributed by atoms with van der Waals surface area (Å²) in [5.41, 5.74) is 1.03. The SMILES string of the molecule is C[C@@H](c1ccc(-c2ccn(C)c(=O)c2)cc1)N1CC[C@](CC(C)(O)CO)(c2ccccc2)OC1=O. The Morgan fingerprint density at radius 2 is 1.74 bits per heavy atom. The van der Waals surface area contributed by atoms with E-state index < -0.39 is 23.9 Å². The molecule has 1 unspecified atom stereocenters. The van der Waals surface area contributed by atoms with Crippen LogP contribution in [0.15, 0.2) is 77.7 Å². The van der Waals surface area contributed by atoms with E-state index in [1.807, 2.05) is 67.6 Å². The largest absolute Gasteiger partial charge is 0.438 e. The molecule has 1 aliphatic rings. The molecule has 3 aromatic rings. The van der Waals surface area contributed by atoms with Crippen molar-refractivity contribution in [2.45, 2.75) is 43.9 Å². The first-order chi connectivity index (χ1) is 16.6. The topological polar surface area (TPSA) is 92.0 Å². The summed E-state index contributed by atoms with van der Waals surface area (Å²) in [6.45, 7) is 3.50. The van der Waals surface area contributed by atoms with E-state index in [9.17, 15) is 19.8 Å². The highest BCUT2D eigenvalue weighted by Gasteiger charge is 2.47. The number of hydrogen-bond acceptors (Lipinski definition) is 5. The van der Waals surface area contributed by atoms with Gasteiger partial charge in [-0.25, -0.2) is 4.79 Å². The van der Waals surface area contributed by atoms with Crippen molar-refractivity contribution in [1.29, 1.82) is 0 Å². The molecule has 1 saturated heterocycles. The molecule has 0 bridgehead atoms. The minimum atomic E-state index is -1.39. The molecule has 4 rings (SSSR count). The van der Waals surface area contributed by atoms with E-state index in [1.54, 1.807) is 31.1 Å². The lowest BCUT2D eigenvalue weighted by molar-refractivity contribution is -0.117. The monoisotopic (exact) mass is 476 g/mol. The van der Waals surface area contributed by atoms with Crippen molar-refractivity contribution in [2.24, 2.45) is 7.05 Å². The summed E-state index contributed by atoms with van der Waals surface area (Å²) < 4.78 is 7.57. The molecule has 7 nitrogen and oxygen atoms in total.